The maximum atomic E-state index is 3.92. The van der Waals surface area contributed by atoms with Gasteiger partial charge in [0.25, 0.3) is 0 Å². The van der Waals surface area contributed by atoms with Gasteiger partial charge in [-0.1, -0.05) is 4.68 Å². The summed E-state index contributed by atoms with van der Waals surface area (Å²) in [5.41, 5.74) is 0. The summed E-state index contributed by atoms with van der Waals surface area (Å²) in [5, 5.41) is 11.0. The number of tetrazole rings is 1. The smallest absolute Gasteiger partial charge is 0.293 e. The number of fused-ring (bicyclic) bond motifs is 1. The van der Waals surface area contributed by atoms with Crippen molar-refractivity contribution < 1.29 is 4.68 Å². The van der Waals surface area contributed by atoms with Gasteiger partial charge in [0.05, 0.1) is 25.4 Å². The number of anilines is 1. The molecule has 0 radical (unpaired) electrons. The van der Waals surface area contributed by atoms with Gasteiger partial charge in [-0.2, -0.15) is 0 Å². The van der Waals surface area contributed by atoms with Crippen LogP contribution in [0.2, 0.25) is 0 Å². The quantitative estimate of drug-likeness (QED) is 0.466. The van der Waals surface area contributed by atoms with E-state index < -0.39 is 0 Å². The zero-order valence-electron chi connectivity index (χ0n) is 5.91. The molecule has 0 bridgehead atoms. The fraction of sp³-hybridized carbons (Fsp3) is 0.800. The number of nitrogens with zero attached hydrogens (tertiary/aromatic N) is 4. The van der Waals surface area contributed by atoms with E-state index in [-0.39, 0.29) is 0 Å². The third-order valence-electron chi connectivity index (χ3n) is 1.66. The van der Waals surface area contributed by atoms with Crippen molar-refractivity contribution in [3.8, 4) is 0 Å². The number of rotatable bonds is 0. The zero-order chi connectivity index (χ0) is 6.97. The van der Waals surface area contributed by atoms with Crippen LogP contribution in [0.15, 0.2) is 0 Å². The van der Waals surface area contributed by atoms with Gasteiger partial charge in [-0.05, 0) is 0 Å². The molecule has 0 unspecified atom stereocenters. The number of aryl methyl sites for hydroxylation is 2. The van der Waals surface area contributed by atoms with Crippen molar-refractivity contribution in [1.82, 2.24) is 15.1 Å². The van der Waals surface area contributed by atoms with Crippen LogP contribution in [-0.4, -0.2) is 21.7 Å². The third-order valence-corrected chi connectivity index (χ3v) is 1.66. The van der Waals surface area contributed by atoms with Crippen molar-refractivity contribution in [1.29, 1.82) is 0 Å². The summed E-state index contributed by atoms with van der Waals surface area (Å²) in [4.78, 5) is 0. The molecule has 1 aliphatic heterocycles. The highest BCUT2D eigenvalue weighted by Gasteiger charge is 2.19. The van der Waals surface area contributed by atoms with Crippen LogP contribution in [-0.2, 0) is 13.6 Å². The molecule has 0 aromatic carbocycles. The van der Waals surface area contributed by atoms with Crippen LogP contribution >= 0.6 is 0 Å². The Hall–Kier alpha value is -1.13. The molecule has 1 N–H and O–H groups in total. The third kappa shape index (κ3) is 0.665. The van der Waals surface area contributed by atoms with E-state index in [1.807, 2.05) is 11.7 Å². The second-order valence-electron chi connectivity index (χ2n) is 2.43. The van der Waals surface area contributed by atoms with Gasteiger partial charge >= 0.3 is 5.95 Å². The molecule has 2 rings (SSSR count). The lowest BCUT2D eigenvalue weighted by Crippen LogP contribution is -2.36. The Bertz CT molecular complexity index is 240. The molecule has 54 valence electrons. The minimum Gasteiger partial charge on any atom is -0.293 e. The number of nitrogens with one attached hydrogen (secondary N) is 1. The van der Waals surface area contributed by atoms with Crippen LogP contribution < -0.4 is 10.00 Å². The van der Waals surface area contributed by atoms with Crippen molar-refractivity contribution in [3.05, 3.63) is 0 Å². The van der Waals surface area contributed by atoms with Crippen LogP contribution in [0, 0.1) is 0 Å². The first kappa shape index (κ1) is 5.64. The summed E-state index contributed by atoms with van der Waals surface area (Å²) in [6.07, 6.45) is 1.14. The first-order valence-corrected chi connectivity index (χ1v) is 3.41. The average Bonchev–Trinajstić information content (AvgIpc) is 2.34. The first-order valence-electron chi connectivity index (χ1n) is 3.41. The van der Waals surface area contributed by atoms with Gasteiger partial charge < -0.3 is 0 Å². The van der Waals surface area contributed by atoms with Crippen molar-refractivity contribution in [3.63, 3.8) is 0 Å². The fourth-order valence-corrected chi connectivity index (χ4v) is 1.15. The Balaban J connectivity index is 2.45. The fourth-order valence-electron chi connectivity index (χ4n) is 1.15. The predicted octanol–water partition coefficient (Wildman–Crippen LogP) is -1.08. The molecule has 1 aromatic heterocycles. The van der Waals surface area contributed by atoms with Crippen molar-refractivity contribution in [2.45, 2.75) is 13.0 Å². The highest BCUT2D eigenvalue weighted by Crippen LogP contribution is 2.03. The number of aromatic nitrogens is 4. The maximum Gasteiger partial charge on any atom is 0.364 e. The normalized spacial score (nSPS) is 16.1. The van der Waals surface area contributed by atoms with E-state index in [4.69, 9.17) is 0 Å². The molecule has 0 saturated carbocycles. The molecule has 0 aliphatic carbocycles. The Kier molecular flexibility index (Phi) is 1.09. The molecule has 0 amide bonds. The second kappa shape index (κ2) is 1.93. The molecule has 2 heterocycles. The van der Waals surface area contributed by atoms with E-state index >= 15 is 0 Å². The van der Waals surface area contributed by atoms with Gasteiger partial charge in [-0.3, -0.25) is 5.32 Å². The van der Waals surface area contributed by atoms with E-state index in [2.05, 4.69) is 15.7 Å². The largest absolute Gasteiger partial charge is 0.364 e. The highest BCUT2D eigenvalue weighted by atomic mass is 15.6. The van der Waals surface area contributed by atoms with E-state index in [0.717, 1.165) is 25.5 Å². The molecule has 0 saturated heterocycles. The Morgan fingerprint density at radius 3 is 3.40 bits per heavy atom. The Labute approximate surface area is 58.6 Å². The summed E-state index contributed by atoms with van der Waals surface area (Å²) in [6.45, 7) is 2.01. The minimum absolute atomic E-state index is 0.982. The lowest BCUT2D eigenvalue weighted by molar-refractivity contribution is -0.718. The number of hydrogen-bond donors (Lipinski definition) is 1. The molecule has 5 heteroatoms. The lowest BCUT2D eigenvalue weighted by Gasteiger charge is -2.06. The molecular formula is C5H10N5+. The van der Waals surface area contributed by atoms with Gasteiger partial charge in [0.1, 0.15) is 5.21 Å². The predicted molar refractivity (Wildman–Crippen MR) is 34.3 cm³/mol. The SMILES string of the molecule is C[n+]1nnn2c1NCCC2. The van der Waals surface area contributed by atoms with Gasteiger partial charge in [-0.15, -0.1) is 4.68 Å². The van der Waals surface area contributed by atoms with Crippen LogP contribution in [0.4, 0.5) is 5.95 Å². The van der Waals surface area contributed by atoms with Crippen LogP contribution in [0.5, 0.6) is 0 Å². The molecule has 1 aliphatic rings. The summed E-state index contributed by atoms with van der Waals surface area (Å²) in [6, 6.07) is 0. The Morgan fingerprint density at radius 2 is 2.60 bits per heavy atom. The summed E-state index contributed by atoms with van der Waals surface area (Å²) in [5.74, 6) is 1.01. The van der Waals surface area contributed by atoms with Gasteiger partial charge in [-0.25, -0.2) is 0 Å². The highest BCUT2D eigenvalue weighted by molar-refractivity contribution is 5.16. The van der Waals surface area contributed by atoms with Crippen LogP contribution in [0.25, 0.3) is 0 Å². The van der Waals surface area contributed by atoms with E-state index in [0.29, 0.717) is 0 Å². The summed E-state index contributed by atoms with van der Waals surface area (Å²) < 4.78 is 3.63. The summed E-state index contributed by atoms with van der Waals surface area (Å²) >= 11 is 0. The minimum atomic E-state index is 0.982. The van der Waals surface area contributed by atoms with E-state index in [9.17, 15) is 0 Å². The van der Waals surface area contributed by atoms with E-state index in [1.54, 1.807) is 4.68 Å². The van der Waals surface area contributed by atoms with Crippen molar-refractivity contribution >= 4 is 5.95 Å². The van der Waals surface area contributed by atoms with Gasteiger partial charge in [0.2, 0.25) is 0 Å². The molecule has 0 spiro atoms. The maximum absolute atomic E-state index is 3.92. The van der Waals surface area contributed by atoms with Gasteiger partial charge in [0, 0.05) is 6.42 Å². The van der Waals surface area contributed by atoms with Crippen molar-refractivity contribution in [2.24, 2.45) is 7.05 Å². The summed E-state index contributed by atoms with van der Waals surface area (Å²) in [7, 11) is 1.89. The van der Waals surface area contributed by atoms with Crippen LogP contribution in [0.1, 0.15) is 6.42 Å². The molecular weight excluding hydrogens is 130 g/mol. The zero-order valence-corrected chi connectivity index (χ0v) is 5.91. The van der Waals surface area contributed by atoms with Gasteiger partial charge in [0.15, 0.2) is 0 Å². The first-order chi connectivity index (χ1) is 4.88. The average molecular weight is 140 g/mol. The van der Waals surface area contributed by atoms with Crippen LogP contribution in [0.3, 0.4) is 0 Å². The molecule has 0 fully saturated rings. The second-order valence-corrected chi connectivity index (χ2v) is 2.43. The molecule has 1 aromatic rings. The number of hydrogen-bond acceptors (Lipinski definition) is 3. The monoisotopic (exact) mass is 140 g/mol. The molecule has 0 atom stereocenters. The van der Waals surface area contributed by atoms with Crippen molar-refractivity contribution in [2.75, 3.05) is 11.9 Å². The lowest BCUT2D eigenvalue weighted by atomic mass is 10.4. The molecule has 10 heavy (non-hydrogen) atoms. The standard InChI is InChI=1S/C5H9N5/c1-9-5-6-3-2-4-10(5)8-7-9/h2-4H2,1H3/p+1. The topological polar surface area (TPSA) is 46.6 Å². The van der Waals surface area contributed by atoms with E-state index in [1.165, 1.54) is 0 Å². The Morgan fingerprint density at radius 1 is 1.70 bits per heavy atom. The molecule has 5 nitrogen and oxygen atoms in total.